The van der Waals surface area contributed by atoms with Crippen molar-refractivity contribution >= 4 is 69.9 Å². The number of aromatic nitrogens is 2. The van der Waals surface area contributed by atoms with E-state index in [0.717, 1.165) is 27.5 Å². The molecule has 4 aromatic rings. The van der Waals surface area contributed by atoms with Gasteiger partial charge in [-0.05, 0) is 54.6 Å². The minimum Gasteiger partial charge on any atom is -0.281 e. The van der Waals surface area contributed by atoms with E-state index in [1.54, 1.807) is 28.6 Å². The monoisotopic (exact) mass is 576 g/mol. The van der Waals surface area contributed by atoms with E-state index in [2.05, 4.69) is 20.9 Å². The smallest absolute Gasteiger partial charge is 0.253 e. The minimum absolute atomic E-state index is 0.212. The van der Waals surface area contributed by atoms with Crippen LogP contribution < -0.4 is 4.90 Å². The Morgan fingerprint density at radius 1 is 1.18 bits per heavy atom. The molecule has 34 heavy (non-hydrogen) atoms. The van der Waals surface area contributed by atoms with E-state index >= 15 is 0 Å². The first-order valence-electron chi connectivity index (χ1n) is 10.8. The SMILES string of the molecule is O=C(C1CCCCN1S(=O)(=O)c1cccs1)N(Cc1ccccn1)c1nc2ccc(Br)cc2s1. The Morgan fingerprint density at radius 2 is 2.06 bits per heavy atom. The molecule has 0 radical (unpaired) electrons. The fraction of sp³-hybridized carbons (Fsp3) is 0.261. The van der Waals surface area contributed by atoms with Gasteiger partial charge in [0.25, 0.3) is 10.0 Å². The number of amides is 1. The summed E-state index contributed by atoms with van der Waals surface area (Å²) in [4.78, 5) is 24.7. The number of thiazole rings is 1. The molecule has 7 nitrogen and oxygen atoms in total. The van der Waals surface area contributed by atoms with E-state index in [1.807, 2.05) is 36.4 Å². The van der Waals surface area contributed by atoms with Gasteiger partial charge in [-0.25, -0.2) is 13.4 Å². The Kier molecular flexibility index (Phi) is 6.81. The third kappa shape index (κ3) is 4.67. The summed E-state index contributed by atoms with van der Waals surface area (Å²) in [6.07, 6.45) is 3.67. The molecule has 0 aliphatic carbocycles. The summed E-state index contributed by atoms with van der Waals surface area (Å²) in [5.74, 6) is -0.274. The number of sulfonamides is 1. The fourth-order valence-corrected chi connectivity index (χ4v) is 8.33. The lowest BCUT2D eigenvalue weighted by atomic mass is 10.0. The third-order valence-corrected chi connectivity index (χ3v) is 10.5. The zero-order valence-electron chi connectivity index (χ0n) is 18.0. The average molecular weight is 578 g/mol. The second kappa shape index (κ2) is 9.82. The second-order valence-electron chi connectivity index (χ2n) is 7.91. The highest BCUT2D eigenvalue weighted by atomic mass is 79.9. The van der Waals surface area contributed by atoms with E-state index in [4.69, 9.17) is 4.98 Å². The Hall–Kier alpha value is -2.18. The first-order chi connectivity index (χ1) is 16.4. The Balaban J connectivity index is 1.54. The van der Waals surface area contributed by atoms with Crippen molar-refractivity contribution in [3.63, 3.8) is 0 Å². The predicted octanol–water partition coefficient (Wildman–Crippen LogP) is 5.29. The van der Waals surface area contributed by atoms with E-state index < -0.39 is 16.1 Å². The second-order valence-corrected chi connectivity index (χ2v) is 12.9. The van der Waals surface area contributed by atoms with Gasteiger partial charge in [0.2, 0.25) is 5.91 Å². The lowest BCUT2D eigenvalue weighted by Gasteiger charge is -2.35. The quantitative estimate of drug-likeness (QED) is 0.311. The van der Waals surface area contributed by atoms with Gasteiger partial charge in [0.05, 0.1) is 22.5 Å². The largest absolute Gasteiger partial charge is 0.281 e. The molecular formula is C23H21BrN4O3S3. The number of fused-ring (bicyclic) bond motifs is 1. The molecule has 1 aliphatic heterocycles. The van der Waals surface area contributed by atoms with Crippen LogP contribution >= 0.6 is 38.6 Å². The summed E-state index contributed by atoms with van der Waals surface area (Å²) in [6.45, 7) is 0.533. The number of carbonyl (C=O) groups excluding carboxylic acids is 1. The van der Waals surface area contributed by atoms with E-state index in [-0.39, 0.29) is 16.7 Å². The topological polar surface area (TPSA) is 83.5 Å². The average Bonchev–Trinajstić information content (AvgIpc) is 3.53. The maximum atomic E-state index is 14.0. The van der Waals surface area contributed by atoms with Crippen LogP contribution in [0.5, 0.6) is 0 Å². The number of hydrogen-bond donors (Lipinski definition) is 0. The lowest BCUT2D eigenvalue weighted by molar-refractivity contribution is -0.123. The zero-order chi connectivity index (χ0) is 23.7. The molecule has 1 aromatic carbocycles. The highest BCUT2D eigenvalue weighted by molar-refractivity contribution is 9.10. The molecule has 1 atom stereocenters. The molecule has 1 fully saturated rings. The number of hydrogen-bond acceptors (Lipinski definition) is 7. The Labute approximate surface area is 214 Å². The third-order valence-electron chi connectivity index (χ3n) is 5.68. The van der Waals surface area contributed by atoms with Gasteiger partial charge in [-0.1, -0.05) is 45.8 Å². The fourth-order valence-electron chi connectivity index (χ4n) is 4.04. The van der Waals surface area contributed by atoms with Gasteiger partial charge >= 0.3 is 0 Å². The first-order valence-corrected chi connectivity index (χ1v) is 14.7. The van der Waals surface area contributed by atoms with Crippen LogP contribution in [-0.2, 0) is 21.4 Å². The number of halogens is 1. The molecule has 0 bridgehead atoms. The van der Waals surface area contributed by atoms with Crippen molar-refractivity contribution in [2.75, 3.05) is 11.4 Å². The predicted molar refractivity (Wildman–Crippen MR) is 139 cm³/mol. The van der Waals surface area contributed by atoms with Crippen molar-refractivity contribution in [2.45, 2.75) is 36.1 Å². The summed E-state index contributed by atoms with van der Waals surface area (Å²) in [7, 11) is -3.77. The van der Waals surface area contributed by atoms with Gasteiger partial charge in [-0.3, -0.25) is 14.7 Å². The number of anilines is 1. The van der Waals surface area contributed by atoms with Gasteiger partial charge in [-0.2, -0.15) is 4.31 Å². The van der Waals surface area contributed by atoms with Crippen LogP contribution in [0.3, 0.4) is 0 Å². The van der Waals surface area contributed by atoms with Crippen molar-refractivity contribution in [2.24, 2.45) is 0 Å². The van der Waals surface area contributed by atoms with Crippen LogP contribution in [0.25, 0.3) is 10.2 Å². The van der Waals surface area contributed by atoms with Crippen LogP contribution in [0.1, 0.15) is 25.0 Å². The summed E-state index contributed by atoms with van der Waals surface area (Å²) >= 11 is 6.07. The molecule has 0 saturated carbocycles. The van der Waals surface area contributed by atoms with Crippen molar-refractivity contribution in [3.8, 4) is 0 Å². The van der Waals surface area contributed by atoms with Crippen LogP contribution in [0, 0.1) is 0 Å². The van der Waals surface area contributed by atoms with E-state index in [9.17, 15) is 13.2 Å². The summed E-state index contributed by atoms with van der Waals surface area (Å²) in [5.41, 5.74) is 1.49. The Bertz CT molecular complexity index is 1410. The number of rotatable bonds is 6. The van der Waals surface area contributed by atoms with Gasteiger partial charge in [0.1, 0.15) is 10.3 Å². The number of thiophene rings is 1. The van der Waals surface area contributed by atoms with Crippen molar-refractivity contribution in [3.05, 3.63) is 70.3 Å². The standard InChI is InChI=1S/C23H21BrN4O3S3/c24-16-9-10-18-20(14-16)33-23(26-18)27(15-17-6-1-3-11-25-17)22(29)19-7-2-4-12-28(19)34(30,31)21-8-5-13-32-21/h1,3,5-6,8-11,13-14,19H,2,4,7,12,15H2. The maximum absolute atomic E-state index is 14.0. The lowest BCUT2D eigenvalue weighted by Crippen LogP contribution is -2.52. The summed E-state index contributed by atoms with van der Waals surface area (Å²) in [6, 6.07) is 13.8. The highest BCUT2D eigenvalue weighted by Crippen LogP contribution is 2.34. The van der Waals surface area contributed by atoms with E-state index in [0.29, 0.717) is 23.8 Å². The van der Waals surface area contributed by atoms with Gasteiger partial charge < -0.3 is 0 Å². The molecule has 1 saturated heterocycles. The van der Waals surface area contributed by atoms with Crippen molar-refractivity contribution in [1.82, 2.24) is 14.3 Å². The summed E-state index contributed by atoms with van der Waals surface area (Å²) in [5, 5.41) is 2.27. The molecule has 176 valence electrons. The number of carbonyl (C=O) groups is 1. The number of piperidine rings is 1. The number of pyridine rings is 1. The van der Waals surface area contributed by atoms with Gasteiger partial charge in [0, 0.05) is 17.2 Å². The number of nitrogens with zero attached hydrogens (tertiary/aromatic N) is 4. The molecule has 4 heterocycles. The van der Waals surface area contributed by atoms with Crippen LogP contribution in [0.15, 0.2) is 68.8 Å². The molecule has 1 amide bonds. The normalized spacial score (nSPS) is 17.1. The molecular weight excluding hydrogens is 556 g/mol. The molecule has 11 heteroatoms. The highest BCUT2D eigenvalue weighted by Gasteiger charge is 2.41. The summed E-state index contributed by atoms with van der Waals surface area (Å²) < 4.78 is 30.3. The van der Waals surface area contributed by atoms with Crippen molar-refractivity contribution < 1.29 is 13.2 Å². The van der Waals surface area contributed by atoms with Gasteiger partial charge in [-0.15, -0.1) is 11.3 Å². The molecule has 3 aromatic heterocycles. The molecule has 1 aliphatic rings. The molecule has 0 N–H and O–H groups in total. The Morgan fingerprint density at radius 3 is 2.82 bits per heavy atom. The zero-order valence-corrected chi connectivity index (χ0v) is 22.0. The van der Waals surface area contributed by atoms with Crippen LogP contribution in [0.2, 0.25) is 0 Å². The minimum atomic E-state index is -3.77. The van der Waals surface area contributed by atoms with Crippen molar-refractivity contribution in [1.29, 1.82) is 0 Å². The molecule has 0 spiro atoms. The molecule has 1 unspecified atom stereocenters. The first kappa shape index (κ1) is 23.6. The van der Waals surface area contributed by atoms with Crippen LogP contribution in [-0.4, -0.2) is 41.2 Å². The number of benzene rings is 1. The maximum Gasteiger partial charge on any atom is 0.253 e. The van der Waals surface area contributed by atoms with Gasteiger partial charge in [0.15, 0.2) is 5.13 Å². The van der Waals surface area contributed by atoms with E-state index in [1.165, 1.54) is 27.0 Å². The molecule has 5 rings (SSSR count). The van der Waals surface area contributed by atoms with Crippen LogP contribution in [0.4, 0.5) is 5.13 Å².